The number of nitriles is 1. The fraction of sp³-hybridized carbons (Fsp3) is 0.222. The van der Waals surface area contributed by atoms with Crippen molar-refractivity contribution in [2.45, 2.75) is 26.1 Å². The zero-order chi connectivity index (χ0) is 20.6. The number of aryl methyl sites for hydroxylation is 1. The first-order valence-electron chi connectivity index (χ1n) is 8.05. The average molecular weight is 391 g/mol. The van der Waals surface area contributed by atoms with Gasteiger partial charge in [0.05, 0.1) is 23.5 Å². The Balaban J connectivity index is 2.11. The van der Waals surface area contributed by atoms with E-state index in [0.717, 1.165) is 25.3 Å². The lowest BCUT2D eigenvalue weighted by molar-refractivity contribution is -0.149. The van der Waals surface area contributed by atoms with Gasteiger partial charge in [0.2, 0.25) is 0 Å². The van der Waals surface area contributed by atoms with Crippen molar-refractivity contribution < 1.29 is 22.4 Å². The minimum Gasteiger partial charge on any atom is -0.340 e. The van der Waals surface area contributed by atoms with Gasteiger partial charge in [-0.05, 0) is 38.1 Å². The lowest BCUT2D eigenvalue weighted by Gasteiger charge is -2.16. The molecule has 0 bridgehead atoms. The average Bonchev–Trinajstić information content (AvgIpc) is 3.05. The van der Waals surface area contributed by atoms with Crippen molar-refractivity contribution in [2.24, 2.45) is 0 Å². The van der Waals surface area contributed by atoms with E-state index < -0.39 is 23.9 Å². The van der Waals surface area contributed by atoms with Crippen LogP contribution in [-0.2, 0) is 0 Å². The minimum absolute atomic E-state index is 0.00461. The standard InChI is InChI=1S/C18H13F4N5O/c1-9-5-15(13-6-12(19)4-3-11(13)7-23)26-16-14(8-24-27(9)16)17(28)25-10(2)18(20,21)22/h3-6,8,10H,1-2H3,(H,25,28)/t10-/m1/s1. The third-order valence-electron chi connectivity index (χ3n) is 4.11. The molecule has 3 rings (SSSR count). The number of benzene rings is 1. The Morgan fingerprint density at radius 3 is 2.68 bits per heavy atom. The zero-order valence-electron chi connectivity index (χ0n) is 14.7. The molecular weight excluding hydrogens is 378 g/mol. The molecule has 10 heteroatoms. The van der Waals surface area contributed by atoms with Crippen LogP contribution in [0.15, 0.2) is 30.5 Å². The number of hydrogen-bond donors (Lipinski definition) is 1. The second-order valence-corrected chi connectivity index (χ2v) is 6.11. The number of halogens is 4. The molecule has 0 fully saturated rings. The maximum absolute atomic E-state index is 13.7. The van der Waals surface area contributed by atoms with E-state index in [1.54, 1.807) is 6.92 Å². The second kappa shape index (κ2) is 6.92. The highest BCUT2D eigenvalue weighted by molar-refractivity contribution is 6.00. The van der Waals surface area contributed by atoms with Crippen LogP contribution in [-0.4, -0.2) is 32.7 Å². The van der Waals surface area contributed by atoms with Gasteiger partial charge in [-0.2, -0.15) is 23.5 Å². The van der Waals surface area contributed by atoms with Crippen LogP contribution in [0.25, 0.3) is 16.9 Å². The first-order chi connectivity index (χ1) is 13.1. The summed E-state index contributed by atoms with van der Waals surface area (Å²) < 4.78 is 53.1. The smallest absolute Gasteiger partial charge is 0.340 e. The van der Waals surface area contributed by atoms with Crippen LogP contribution < -0.4 is 5.32 Å². The van der Waals surface area contributed by atoms with E-state index in [9.17, 15) is 27.6 Å². The van der Waals surface area contributed by atoms with Gasteiger partial charge in [-0.1, -0.05) is 0 Å². The normalized spacial score (nSPS) is 12.6. The van der Waals surface area contributed by atoms with Crippen molar-refractivity contribution in [1.29, 1.82) is 5.26 Å². The maximum Gasteiger partial charge on any atom is 0.408 e. The molecule has 2 heterocycles. The van der Waals surface area contributed by atoms with Crippen molar-refractivity contribution in [2.75, 3.05) is 0 Å². The molecule has 3 aromatic rings. The van der Waals surface area contributed by atoms with E-state index in [-0.39, 0.29) is 28.0 Å². The third-order valence-corrected chi connectivity index (χ3v) is 4.11. The first-order valence-corrected chi connectivity index (χ1v) is 8.05. The zero-order valence-corrected chi connectivity index (χ0v) is 14.7. The summed E-state index contributed by atoms with van der Waals surface area (Å²) in [5.41, 5.74) is 0.875. The topological polar surface area (TPSA) is 83.1 Å². The minimum atomic E-state index is -4.60. The summed E-state index contributed by atoms with van der Waals surface area (Å²) in [6.07, 6.45) is -3.50. The van der Waals surface area contributed by atoms with Crippen LogP contribution in [0.5, 0.6) is 0 Å². The molecule has 0 saturated carbocycles. The van der Waals surface area contributed by atoms with Crippen LogP contribution in [0.1, 0.15) is 28.5 Å². The number of alkyl halides is 3. The quantitative estimate of drug-likeness (QED) is 0.694. The fourth-order valence-electron chi connectivity index (χ4n) is 2.59. The van der Waals surface area contributed by atoms with Crippen LogP contribution in [0.4, 0.5) is 17.6 Å². The molecule has 0 radical (unpaired) electrons. The van der Waals surface area contributed by atoms with E-state index >= 15 is 0 Å². The molecule has 0 aliphatic carbocycles. The number of hydrogen-bond acceptors (Lipinski definition) is 4. The van der Waals surface area contributed by atoms with Gasteiger partial charge in [0.15, 0.2) is 5.65 Å². The first kappa shape index (κ1) is 19.3. The summed E-state index contributed by atoms with van der Waals surface area (Å²) in [5.74, 6) is -1.58. The Hall–Kier alpha value is -3.48. The number of fused-ring (bicyclic) bond motifs is 1. The summed E-state index contributed by atoms with van der Waals surface area (Å²) in [6.45, 7) is 2.45. The van der Waals surface area contributed by atoms with Gasteiger partial charge in [-0.15, -0.1) is 0 Å². The van der Waals surface area contributed by atoms with Gasteiger partial charge in [-0.25, -0.2) is 13.9 Å². The van der Waals surface area contributed by atoms with Gasteiger partial charge >= 0.3 is 6.18 Å². The number of carbonyl (C=O) groups excluding carboxylic acids is 1. The maximum atomic E-state index is 13.7. The van der Waals surface area contributed by atoms with E-state index in [4.69, 9.17) is 0 Å². The van der Waals surface area contributed by atoms with Crippen molar-refractivity contribution in [3.8, 4) is 17.3 Å². The Labute approximate surface area is 156 Å². The summed E-state index contributed by atoms with van der Waals surface area (Å²) in [5, 5.41) is 15.1. The number of carbonyl (C=O) groups is 1. The third kappa shape index (κ3) is 3.51. The van der Waals surface area contributed by atoms with Crippen LogP contribution >= 0.6 is 0 Å². The molecule has 1 amide bonds. The van der Waals surface area contributed by atoms with Crippen LogP contribution in [0.2, 0.25) is 0 Å². The van der Waals surface area contributed by atoms with Crippen molar-refractivity contribution in [3.05, 3.63) is 53.1 Å². The summed E-state index contributed by atoms with van der Waals surface area (Å²) >= 11 is 0. The molecular formula is C18H13F4N5O. The second-order valence-electron chi connectivity index (χ2n) is 6.11. The largest absolute Gasteiger partial charge is 0.408 e. The van der Waals surface area contributed by atoms with Gasteiger partial charge in [0.25, 0.3) is 5.91 Å². The molecule has 0 unspecified atom stereocenters. The number of nitrogens with one attached hydrogen (secondary N) is 1. The van der Waals surface area contributed by atoms with Gasteiger partial charge in [0, 0.05) is 11.3 Å². The molecule has 1 aromatic carbocycles. The lowest BCUT2D eigenvalue weighted by Crippen LogP contribution is -2.43. The number of rotatable bonds is 3. The monoisotopic (exact) mass is 391 g/mol. The number of nitrogens with zero attached hydrogens (tertiary/aromatic N) is 4. The Kier molecular flexibility index (Phi) is 4.77. The Morgan fingerprint density at radius 2 is 2.04 bits per heavy atom. The highest BCUT2D eigenvalue weighted by atomic mass is 19.4. The predicted octanol–water partition coefficient (Wildman–Crippen LogP) is 3.40. The lowest BCUT2D eigenvalue weighted by atomic mass is 10.0. The highest BCUT2D eigenvalue weighted by Crippen LogP contribution is 2.26. The van der Waals surface area contributed by atoms with Crippen LogP contribution in [0.3, 0.4) is 0 Å². The molecule has 2 aromatic heterocycles. The highest BCUT2D eigenvalue weighted by Gasteiger charge is 2.37. The molecule has 0 spiro atoms. The van der Waals surface area contributed by atoms with E-state index in [1.165, 1.54) is 16.6 Å². The van der Waals surface area contributed by atoms with Crippen LogP contribution in [0, 0.1) is 24.1 Å². The number of amides is 1. The molecule has 1 N–H and O–H groups in total. The number of aromatic nitrogens is 3. The van der Waals surface area contributed by atoms with Gasteiger partial charge in [-0.3, -0.25) is 4.79 Å². The van der Waals surface area contributed by atoms with Crippen molar-refractivity contribution in [1.82, 2.24) is 19.9 Å². The summed E-state index contributed by atoms with van der Waals surface area (Å²) in [7, 11) is 0. The van der Waals surface area contributed by atoms with E-state index in [0.29, 0.717) is 5.69 Å². The molecule has 0 saturated heterocycles. The Morgan fingerprint density at radius 1 is 1.32 bits per heavy atom. The molecule has 1 atom stereocenters. The van der Waals surface area contributed by atoms with Gasteiger partial charge < -0.3 is 5.32 Å². The Bertz CT molecular complexity index is 1110. The molecule has 0 aliphatic heterocycles. The summed E-state index contributed by atoms with van der Waals surface area (Å²) in [6, 6.07) is 4.95. The molecule has 0 aliphatic rings. The SMILES string of the molecule is Cc1cc(-c2cc(F)ccc2C#N)nc2c(C(=O)N[C@H](C)C(F)(F)F)cnn12. The van der Waals surface area contributed by atoms with E-state index in [1.807, 2.05) is 11.4 Å². The molecule has 28 heavy (non-hydrogen) atoms. The predicted molar refractivity (Wildman–Crippen MR) is 90.8 cm³/mol. The van der Waals surface area contributed by atoms with Crippen molar-refractivity contribution in [3.63, 3.8) is 0 Å². The van der Waals surface area contributed by atoms with E-state index in [2.05, 4.69) is 10.1 Å². The summed E-state index contributed by atoms with van der Waals surface area (Å²) in [4.78, 5) is 16.5. The molecule has 6 nitrogen and oxygen atoms in total. The molecule has 144 valence electrons. The van der Waals surface area contributed by atoms with Gasteiger partial charge in [0.1, 0.15) is 17.4 Å². The van der Waals surface area contributed by atoms with Crippen molar-refractivity contribution >= 4 is 11.6 Å². The fourth-order valence-corrected chi connectivity index (χ4v) is 2.59.